The first kappa shape index (κ1) is 11.2. The van der Waals surface area contributed by atoms with Gasteiger partial charge < -0.3 is 5.73 Å². The first-order chi connectivity index (χ1) is 7.81. The molecular formula is C11H16N4O. The average Bonchev–Trinajstić information content (AvgIpc) is 2.77. The quantitative estimate of drug-likeness (QED) is 0.728. The van der Waals surface area contributed by atoms with Crippen LogP contribution in [0.5, 0.6) is 0 Å². The van der Waals surface area contributed by atoms with Crippen LogP contribution in [0.15, 0.2) is 18.6 Å². The van der Waals surface area contributed by atoms with Gasteiger partial charge in [0.2, 0.25) is 0 Å². The van der Waals surface area contributed by atoms with Crippen LogP contribution in [-0.4, -0.2) is 46.3 Å². The van der Waals surface area contributed by atoms with Crippen LogP contribution >= 0.6 is 0 Å². The Balaban J connectivity index is 1.97. The zero-order chi connectivity index (χ0) is 11.4. The number of hydrogen-bond acceptors (Lipinski definition) is 5. The molecule has 1 aliphatic heterocycles. The Hall–Kier alpha value is -1.33. The maximum absolute atomic E-state index is 11.9. The van der Waals surface area contributed by atoms with Crippen molar-refractivity contribution in [3.05, 3.63) is 24.3 Å². The second kappa shape index (κ2) is 5.14. The van der Waals surface area contributed by atoms with Crippen molar-refractivity contribution in [1.82, 2.24) is 14.9 Å². The van der Waals surface area contributed by atoms with E-state index in [1.807, 2.05) is 0 Å². The number of hydrogen-bond donors (Lipinski definition) is 1. The molecule has 1 aliphatic rings. The van der Waals surface area contributed by atoms with E-state index in [2.05, 4.69) is 14.9 Å². The lowest BCUT2D eigenvalue weighted by atomic mass is 10.2. The lowest BCUT2D eigenvalue weighted by Gasteiger charge is -2.21. The van der Waals surface area contributed by atoms with Crippen molar-refractivity contribution < 1.29 is 4.79 Å². The second-order valence-corrected chi connectivity index (χ2v) is 4.02. The molecule has 0 bridgehead atoms. The monoisotopic (exact) mass is 220 g/mol. The first-order valence-electron chi connectivity index (χ1n) is 5.54. The van der Waals surface area contributed by atoms with Gasteiger partial charge >= 0.3 is 0 Å². The molecule has 1 saturated heterocycles. The van der Waals surface area contributed by atoms with E-state index in [9.17, 15) is 4.79 Å². The van der Waals surface area contributed by atoms with E-state index in [-0.39, 0.29) is 5.78 Å². The number of rotatable bonds is 4. The number of nitrogens with zero attached hydrogens (tertiary/aromatic N) is 3. The topological polar surface area (TPSA) is 72.1 Å². The van der Waals surface area contributed by atoms with Gasteiger partial charge in [-0.2, -0.15) is 0 Å². The summed E-state index contributed by atoms with van der Waals surface area (Å²) in [5.74, 6) is 0.0217. The van der Waals surface area contributed by atoms with Gasteiger partial charge in [-0.05, 0) is 19.4 Å². The molecule has 2 rings (SSSR count). The Morgan fingerprint density at radius 2 is 2.44 bits per heavy atom. The predicted molar refractivity (Wildman–Crippen MR) is 60.0 cm³/mol. The van der Waals surface area contributed by atoms with Crippen LogP contribution in [0, 0.1) is 0 Å². The molecule has 0 saturated carbocycles. The van der Waals surface area contributed by atoms with Crippen LogP contribution in [-0.2, 0) is 0 Å². The molecule has 16 heavy (non-hydrogen) atoms. The normalized spacial score (nSPS) is 21.2. The van der Waals surface area contributed by atoms with Gasteiger partial charge in [-0.15, -0.1) is 0 Å². The highest BCUT2D eigenvalue weighted by molar-refractivity contribution is 5.95. The summed E-state index contributed by atoms with van der Waals surface area (Å²) in [6, 6.07) is 0.348. The minimum atomic E-state index is 0.0217. The van der Waals surface area contributed by atoms with Crippen LogP contribution in [0.2, 0.25) is 0 Å². The van der Waals surface area contributed by atoms with E-state index in [1.54, 1.807) is 6.20 Å². The minimum Gasteiger partial charge on any atom is -0.329 e. The molecule has 0 unspecified atom stereocenters. The highest BCUT2D eigenvalue weighted by atomic mass is 16.1. The maximum Gasteiger partial charge on any atom is 0.196 e. The van der Waals surface area contributed by atoms with Gasteiger partial charge in [0.05, 0.1) is 12.7 Å². The summed E-state index contributed by atoms with van der Waals surface area (Å²) >= 11 is 0. The molecule has 1 fully saturated rings. The van der Waals surface area contributed by atoms with Gasteiger partial charge in [0.15, 0.2) is 5.78 Å². The third-order valence-corrected chi connectivity index (χ3v) is 2.97. The van der Waals surface area contributed by atoms with Crippen LogP contribution in [0.3, 0.4) is 0 Å². The summed E-state index contributed by atoms with van der Waals surface area (Å²) in [4.78, 5) is 21.9. The SMILES string of the molecule is NC[C@H]1CCCN1CC(=O)c1cnccn1. The Morgan fingerprint density at radius 1 is 1.56 bits per heavy atom. The molecule has 0 spiro atoms. The highest BCUT2D eigenvalue weighted by Gasteiger charge is 2.25. The lowest BCUT2D eigenvalue weighted by Crippen LogP contribution is -2.38. The molecule has 5 heteroatoms. The zero-order valence-corrected chi connectivity index (χ0v) is 9.17. The summed E-state index contributed by atoms with van der Waals surface area (Å²) in [5, 5.41) is 0. The molecule has 0 aliphatic carbocycles. The Labute approximate surface area is 94.7 Å². The number of likely N-dealkylation sites (tertiary alicyclic amines) is 1. The van der Waals surface area contributed by atoms with E-state index >= 15 is 0 Å². The van der Waals surface area contributed by atoms with E-state index in [1.165, 1.54) is 12.4 Å². The Kier molecular flexibility index (Phi) is 3.58. The van der Waals surface area contributed by atoms with Crippen LogP contribution in [0.25, 0.3) is 0 Å². The van der Waals surface area contributed by atoms with Crippen LogP contribution in [0.1, 0.15) is 23.3 Å². The number of nitrogens with two attached hydrogens (primary N) is 1. The van der Waals surface area contributed by atoms with Crippen molar-refractivity contribution in [2.45, 2.75) is 18.9 Å². The number of Topliss-reactive ketones (excluding diaryl/α,β-unsaturated/α-hetero) is 1. The number of carbonyl (C=O) groups is 1. The number of carbonyl (C=O) groups excluding carboxylic acids is 1. The summed E-state index contributed by atoms with van der Waals surface area (Å²) < 4.78 is 0. The molecule has 1 atom stereocenters. The molecule has 2 N–H and O–H groups in total. The fourth-order valence-corrected chi connectivity index (χ4v) is 2.08. The van der Waals surface area contributed by atoms with Gasteiger partial charge in [-0.1, -0.05) is 0 Å². The van der Waals surface area contributed by atoms with Crippen molar-refractivity contribution in [2.24, 2.45) is 5.73 Å². The van der Waals surface area contributed by atoms with E-state index in [4.69, 9.17) is 5.73 Å². The van der Waals surface area contributed by atoms with E-state index < -0.39 is 0 Å². The van der Waals surface area contributed by atoms with Gasteiger partial charge in [0, 0.05) is 25.0 Å². The Morgan fingerprint density at radius 3 is 3.12 bits per heavy atom. The standard InChI is InChI=1S/C11H16N4O/c12-6-9-2-1-5-15(9)8-11(16)10-7-13-3-4-14-10/h3-4,7,9H,1-2,5-6,8,12H2/t9-/m1/s1. The zero-order valence-electron chi connectivity index (χ0n) is 9.17. The van der Waals surface area contributed by atoms with Crippen LogP contribution in [0.4, 0.5) is 0 Å². The van der Waals surface area contributed by atoms with Gasteiger partial charge in [0.1, 0.15) is 5.69 Å². The lowest BCUT2D eigenvalue weighted by molar-refractivity contribution is 0.0918. The molecule has 1 aromatic rings. The van der Waals surface area contributed by atoms with Crippen molar-refractivity contribution in [3.8, 4) is 0 Å². The van der Waals surface area contributed by atoms with Crippen molar-refractivity contribution >= 4 is 5.78 Å². The first-order valence-corrected chi connectivity index (χ1v) is 5.54. The minimum absolute atomic E-state index is 0.0217. The van der Waals surface area contributed by atoms with E-state index in [0.29, 0.717) is 24.8 Å². The van der Waals surface area contributed by atoms with E-state index in [0.717, 1.165) is 19.4 Å². The molecule has 2 heterocycles. The summed E-state index contributed by atoms with van der Waals surface area (Å²) in [5.41, 5.74) is 6.09. The molecule has 0 amide bonds. The number of ketones is 1. The van der Waals surface area contributed by atoms with Gasteiger partial charge in [-0.25, -0.2) is 4.98 Å². The third-order valence-electron chi connectivity index (χ3n) is 2.97. The second-order valence-electron chi connectivity index (χ2n) is 4.02. The molecule has 0 radical (unpaired) electrons. The molecule has 1 aromatic heterocycles. The molecular weight excluding hydrogens is 204 g/mol. The summed E-state index contributed by atoms with van der Waals surface area (Å²) in [6.45, 7) is 1.97. The largest absolute Gasteiger partial charge is 0.329 e. The van der Waals surface area contributed by atoms with Crippen LogP contribution < -0.4 is 5.73 Å². The average molecular weight is 220 g/mol. The van der Waals surface area contributed by atoms with Crippen molar-refractivity contribution in [1.29, 1.82) is 0 Å². The molecule has 0 aromatic carbocycles. The molecule has 5 nitrogen and oxygen atoms in total. The predicted octanol–water partition coefficient (Wildman–Crippen LogP) is 0.0824. The maximum atomic E-state index is 11.9. The fraction of sp³-hybridized carbons (Fsp3) is 0.545. The summed E-state index contributed by atoms with van der Waals surface area (Å²) in [6.07, 6.45) is 6.82. The smallest absolute Gasteiger partial charge is 0.196 e. The van der Waals surface area contributed by atoms with Crippen molar-refractivity contribution in [2.75, 3.05) is 19.6 Å². The van der Waals surface area contributed by atoms with Crippen molar-refractivity contribution in [3.63, 3.8) is 0 Å². The third kappa shape index (κ3) is 2.43. The van der Waals surface area contributed by atoms with Gasteiger partial charge in [-0.3, -0.25) is 14.7 Å². The highest BCUT2D eigenvalue weighted by Crippen LogP contribution is 2.16. The summed E-state index contributed by atoms with van der Waals surface area (Å²) in [7, 11) is 0. The fourth-order valence-electron chi connectivity index (χ4n) is 2.08. The van der Waals surface area contributed by atoms with Gasteiger partial charge in [0.25, 0.3) is 0 Å². The molecule has 86 valence electrons. The Bertz CT molecular complexity index is 354. The number of aromatic nitrogens is 2.